The normalized spacial score (nSPS) is 12.4. The van der Waals surface area contributed by atoms with Gasteiger partial charge in [-0.1, -0.05) is 69.5 Å². The van der Waals surface area contributed by atoms with Crippen LogP contribution in [0.5, 0.6) is 5.75 Å². The van der Waals surface area contributed by atoms with Gasteiger partial charge in [-0.2, -0.15) is 0 Å². The van der Waals surface area contributed by atoms with Crippen molar-refractivity contribution in [3.63, 3.8) is 0 Å². The Morgan fingerprint density at radius 1 is 1.05 bits per heavy atom. The van der Waals surface area contributed by atoms with Gasteiger partial charge in [0.25, 0.3) is 0 Å². The van der Waals surface area contributed by atoms with Crippen LogP contribution in [0.2, 0.25) is 5.02 Å². The molecule has 0 saturated heterocycles. The number of alkyl halides is 1. The first kappa shape index (κ1) is 17.7. The molecule has 0 aliphatic carbocycles. The fourth-order valence-electron chi connectivity index (χ4n) is 2.32. The lowest BCUT2D eigenvalue weighted by molar-refractivity contribution is 0.415. The van der Waals surface area contributed by atoms with Gasteiger partial charge in [0.2, 0.25) is 0 Å². The van der Waals surface area contributed by atoms with Crippen molar-refractivity contribution in [3.8, 4) is 5.75 Å². The molecule has 3 heteroatoms. The summed E-state index contributed by atoms with van der Waals surface area (Å²) in [6.45, 7) is 2.25. The minimum Gasteiger partial charge on any atom is -0.495 e. The van der Waals surface area contributed by atoms with E-state index < -0.39 is 0 Å². The number of hydrogen-bond donors (Lipinski definition) is 0. The Labute approximate surface area is 133 Å². The molecule has 0 aliphatic heterocycles. The van der Waals surface area contributed by atoms with Crippen LogP contribution in [0.1, 0.15) is 69.2 Å². The number of unbranched alkanes of at least 4 members (excludes halogenated alkanes) is 6. The van der Waals surface area contributed by atoms with Crippen LogP contribution in [-0.2, 0) is 0 Å². The van der Waals surface area contributed by atoms with Crippen LogP contribution in [0.15, 0.2) is 18.2 Å². The molecule has 1 unspecified atom stereocenters. The van der Waals surface area contributed by atoms with Crippen LogP contribution in [0.25, 0.3) is 0 Å². The Hall–Kier alpha value is -0.400. The molecule has 1 rings (SSSR count). The maximum Gasteiger partial charge on any atom is 0.137 e. The van der Waals surface area contributed by atoms with E-state index >= 15 is 0 Å². The maximum absolute atomic E-state index is 6.44. The van der Waals surface area contributed by atoms with Crippen LogP contribution >= 0.6 is 23.2 Å². The van der Waals surface area contributed by atoms with Crippen molar-refractivity contribution in [2.24, 2.45) is 0 Å². The van der Waals surface area contributed by atoms with Crippen molar-refractivity contribution in [1.82, 2.24) is 0 Å². The van der Waals surface area contributed by atoms with Gasteiger partial charge in [-0.15, -0.1) is 11.6 Å². The quantitative estimate of drug-likeness (QED) is 0.342. The molecule has 0 N–H and O–H groups in total. The summed E-state index contributed by atoms with van der Waals surface area (Å²) in [5, 5.41) is 0.685. The van der Waals surface area contributed by atoms with Gasteiger partial charge in [0, 0.05) is 0 Å². The Bertz CT molecular complexity index is 379. The summed E-state index contributed by atoms with van der Waals surface area (Å²) in [5.41, 5.74) is 1.09. The molecule has 0 saturated carbocycles. The summed E-state index contributed by atoms with van der Waals surface area (Å²) in [5.74, 6) is 0.704. The molecule has 0 fully saturated rings. The molecule has 20 heavy (non-hydrogen) atoms. The topological polar surface area (TPSA) is 9.23 Å². The molecule has 0 bridgehead atoms. The van der Waals surface area contributed by atoms with Gasteiger partial charge in [0.05, 0.1) is 17.5 Å². The smallest absolute Gasteiger partial charge is 0.137 e. The minimum absolute atomic E-state index is 0.0500. The second kappa shape index (κ2) is 10.3. The lowest BCUT2D eigenvalue weighted by atomic mass is 10.0. The van der Waals surface area contributed by atoms with Crippen molar-refractivity contribution < 1.29 is 4.74 Å². The predicted molar refractivity (Wildman–Crippen MR) is 89.2 cm³/mol. The average molecular weight is 317 g/mol. The average Bonchev–Trinajstić information content (AvgIpc) is 2.46. The van der Waals surface area contributed by atoms with Crippen LogP contribution in [0.4, 0.5) is 0 Å². The number of hydrogen-bond acceptors (Lipinski definition) is 1. The van der Waals surface area contributed by atoms with E-state index in [1.807, 2.05) is 18.2 Å². The second-order valence-electron chi connectivity index (χ2n) is 5.27. The lowest BCUT2D eigenvalue weighted by Gasteiger charge is -2.11. The molecule has 0 heterocycles. The van der Waals surface area contributed by atoms with Crippen LogP contribution in [0, 0.1) is 0 Å². The zero-order chi connectivity index (χ0) is 14.8. The zero-order valence-corrected chi connectivity index (χ0v) is 14.1. The first-order valence-corrected chi connectivity index (χ1v) is 8.48. The highest BCUT2D eigenvalue weighted by atomic mass is 35.5. The Morgan fingerprint density at radius 2 is 1.70 bits per heavy atom. The molecule has 114 valence electrons. The number of methoxy groups -OCH3 is 1. The fraction of sp³-hybridized carbons (Fsp3) is 0.647. The summed E-state index contributed by atoms with van der Waals surface area (Å²) >= 11 is 12.6. The Morgan fingerprint density at radius 3 is 2.30 bits per heavy atom. The van der Waals surface area contributed by atoms with Crippen molar-refractivity contribution in [2.75, 3.05) is 7.11 Å². The van der Waals surface area contributed by atoms with E-state index in [-0.39, 0.29) is 5.38 Å². The first-order chi connectivity index (χ1) is 9.69. The summed E-state index contributed by atoms with van der Waals surface area (Å²) in [6.07, 6.45) is 10.2. The van der Waals surface area contributed by atoms with E-state index in [0.29, 0.717) is 10.8 Å². The van der Waals surface area contributed by atoms with Gasteiger partial charge in [0.15, 0.2) is 0 Å². The largest absolute Gasteiger partial charge is 0.495 e. The maximum atomic E-state index is 6.44. The predicted octanol–water partition coefficient (Wildman–Crippen LogP) is 6.77. The van der Waals surface area contributed by atoms with Crippen molar-refractivity contribution in [3.05, 3.63) is 28.8 Å². The standard InChI is InChI=1S/C17H26Cl2O/c1-3-4-5-6-7-8-9-10-15(18)14-11-12-17(20-2)16(19)13-14/h11-13,15H,3-10H2,1-2H3. The fourth-order valence-corrected chi connectivity index (χ4v) is 2.88. The van der Waals surface area contributed by atoms with E-state index in [1.165, 1.54) is 44.9 Å². The number of halogens is 2. The van der Waals surface area contributed by atoms with Gasteiger partial charge in [-0.05, 0) is 24.1 Å². The number of ether oxygens (including phenoxy) is 1. The van der Waals surface area contributed by atoms with E-state index in [4.69, 9.17) is 27.9 Å². The van der Waals surface area contributed by atoms with Gasteiger partial charge in [0.1, 0.15) is 5.75 Å². The highest BCUT2D eigenvalue weighted by Crippen LogP contribution is 2.32. The van der Waals surface area contributed by atoms with E-state index in [0.717, 1.165) is 12.0 Å². The highest BCUT2D eigenvalue weighted by Gasteiger charge is 2.10. The SMILES string of the molecule is CCCCCCCCCC(Cl)c1ccc(OC)c(Cl)c1. The molecule has 0 radical (unpaired) electrons. The third-order valence-corrected chi connectivity index (χ3v) is 4.36. The molecule has 0 amide bonds. The Kier molecular flexibility index (Phi) is 9.13. The van der Waals surface area contributed by atoms with Gasteiger partial charge >= 0.3 is 0 Å². The second-order valence-corrected chi connectivity index (χ2v) is 6.21. The third kappa shape index (κ3) is 6.37. The van der Waals surface area contributed by atoms with Gasteiger partial charge in [-0.3, -0.25) is 0 Å². The molecule has 1 atom stereocenters. The highest BCUT2D eigenvalue weighted by molar-refractivity contribution is 6.32. The first-order valence-electron chi connectivity index (χ1n) is 7.66. The van der Waals surface area contributed by atoms with E-state index in [2.05, 4.69) is 6.92 Å². The molecule has 1 aromatic rings. The summed E-state index contributed by atoms with van der Waals surface area (Å²) in [6, 6.07) is 5.81. The molecular weight excluding hydrogens is 291 g/mol. The zero-order valence-electron chi connectivity index (χ0n) is 12.6. The monoisotopic (exact) mass is 316 g/mol. The summed E-state index contributed by atoms with van der Waals surface area (Å²) < 4.78 is 5.15. The number of benzene rings is 1. The summed E-state index contributed by atoms with van der Waals surface area (Å²) in [7, 11) is 1.62. The van der Waals surface area contributed by atoms with E-state index in [9.17, 15) is 0 Å². The summed E-state index contributed by atoms with van der Waals surface area (Å²) in [4.78, 5) is 0. The minimum atomic E-state index is 0.0500. The van der Waals surface area contributed by atoms with Gasteiger partial charge in [-0.25, -0.2) is 0 Å². The molecule has 1 nitrogen and oxygen atoms in total. The Balaban J connectivity index is 2.25. The van der Waals surface area contributed by atoms with Crippen LogP contribution in [-0.4, -0.2) is 7.11 Å². The number of rotatable bonds is 10. The molecule has 1 aromatic carbocycles. The molecular formula is C17H26Cl2O. The lowest BCUT2D eigenvalue weighted by Crippen LogP contribution is -1.93. The van der Waals surface area contributed by atoms with Crippen LogP contribution in [0.3, 0.4) is 0 Å². The van der Waals surface area contributed by atoms with Crippen LogP contribution < -0.4 is 4.74 Å². The van der Waals surface area contributed by atoms with Crippen molar-refractivity contribution in [1.29, 1.82) is 0 Å². The van der Waals surface area contributed by atoms with E-state index in [1.54, 1.807) is 7.11 Å². The molecule has 0 spiro atoms. The van der Waals surface area contributed by atoms with Crippen molar-refractivity contribution >= 4 is 23.2 Å². The third-order valence-electron chi connectivity index (χ3n) is 3.60. The molecule has 0 aliphatic rings. The molecule has 0 aromatic heterocycles. The van der Waals surface area contributed by atoms with Crippen molar-refractivity contribution in [2.45, 2.75) is 63.7 Å². The van der Waals surface area contributed by atoms with Gasteiger partial charge < -0.3 is 4.74 Å².